The smallest absolute Gasteiger partial charge is 0.266 e. The Balaban J connectivity index is 1.63. The van der Waals surface area contributed by atoms with Crippen LogP contribution in [0.2, 0.25) is 5.02 Å². The summed E-state index contributed by atoms with van der Waals surface area (Å²) in [5.41, 5.74) is 1.11. The van der Waals surface area contributed by atoms with Crippen molar-refractivity contribution in [3.05, 3.63) is 63.0 Å². The monoisotopic (exact) mass is 332 g/mol. The number of pyridine rings is 1. The second kappa shape index (κ2) is 6.87. The topological polar surface area (TPSA) is 71.2 Å². The van der Waals surface area contributed by atoms with Gasteiger partial charge in [0.15, 0.2) is 0 Å². The molecule has 1 atom stereocenters. The van der Waals surface area contributed by atoms with Crippen LogP contribution in [0.3, 0.4) is 0 Å². The lowest BCUT2D eigenvalue weighted by molar-refractivity contribution is 0.0945. The molecule has 0 saturated heterocycles. The second-order valence-electron chi connectivity index (χ2n) is 5.59. The number of carbonyl (C=O) groups excluding carboxylic acids is 1. The Morgan fingerprint density at radius 3 is 3.04 bits per heavy atom. The molecule has 1 aliphatic heterocycles. The molecule has 2 N–H and O–H groups in total. The van der Waals surface area contributed by atoms with Crippen LogP contribution >= 0.6 is 11.6 Å². The van der Waals surface area contributed by atoms with Crippen molar-refractivity contribution in [1.82, 2.24) is 10.3 Å². The van der Waals surface area contributed by atoms with Gasteiger partial charge in [-0.15, -0.1) is 0 Å². The van der Waals surface area contributed by atoms with Gasteiger partial charge in [0.2, 0.25) is 0 Å². The normalized spacial score (nSPS) is 16.8. The molecule has 3 rings (SSSR count). The molecule has 0 saturated carbocycles. The van der Waals surface area contributed by atoms with E-state index >= 15 is 0 Å². The van der Waals surface area contributed by atoms with Crippen LogP contribution in [-0.2, 0) is 6.42 Å². The predicted molar refractivity (Wildman–Crippen MR) is 88.2 cm³/mol. The molecule has 1 aliphatic rings. The predicted octanol–water partition coefficient (Wildman–Crippen LogP) is 2.40. The van der Waals surface area contributed by atoms with Gasteiger partial charge in [-0.25, -0.2) is 0 Å². The molecule has 1 amide bonds. The summed E-state index contributed by atoms with van der Waals surface area (Å²) in [5, 5.41) is 2.91. The molecule has 0 fully saturated rings. The van der Waals surface area contributed by atoms with Gasteiger partial charge in [0.05, 0.1) is 12.2 Å². The number of amides is 1. The van der Waals surface area contributed by atoms with Crippen molar-refractivity contribution in [2.75, 3.05) is 13.2 Å². The van der Waals surface area contributed by atoms with Gasteiger partial charge in [-0.1, -0.05) is 29.8 Å². The van der Waals surface area contributed by atoms with Gasteiger partial charge < -0.3 is 15.0 Å². The first-order valence-corrected chi connectivity index (χ1v) is 7.88. The van der Waals surface area contributed by atoms with Crippen LogP contribution in [0.25, 0.3) is 0 Å². The lowest BCUT2D eigenvalue weighted by Crippen LogP contribution is -2.31. The van der Waals surface area contributed by atoms with E-state index in [0.29, 0.717) is 24.6 Å². The largest absolute Gasteiger partial charge is 0.493 e. The number of H-pyrrole nitrogens is 1. The average molecular weight is 333 g/mol. The minimum absolute atomic E-state index is 0.00874. The molecular weight excluding hydrogens is 316 g/mol. The van der Waals surface area contributed by atoms with E-state index in [4.69, 9.17) is 16.3 Å². The van der Waals surface area contributed by atoms with E-state index in [1.807, 2.05) is 18.2 Å². The van der Waals surface area contributed by atoms with Gasteiger partial charge in [0, 0.05) is 12.7 Å². The van der Waals surface area contributed by atoms with Crippen molar-refractivity contribution >= 4 is 17.5 Å². The first-order chi connectivity index (χ1) is 11.1. The van der Waals surface area contributed by atoms with E-state index in [1.54, 1.807) is 0 Å². The molecule has 23 heavy (non-hydrogen) atoms. The van der Waals surface area contributed by atoms with Crippen molar-refractivity contribution in [3.63, 3.8) is 0 Å². The summed E-state index contributed by atoms with van der Waals surface area (Å²) in [7, 11) is 0. The fourth-order valence-corrected chi connectivity index (χ4v) is 2.83. The molecule has 1 aromatic heterocycles. The maximum absolute atomic E-state index is 12.2. The number of ether oxygens (including phenoxy) is 1. The van der Waals surface area contributed by atoms with Crippen LogP contribution in [0.1, 0.15) is 22.3 Å². The van der Waals surface area contributed by atoms with Crippen LogP contribution in [0.4, 0.5) is 0 Å². The summed E-state index contributed by atoms with van der Waals surface area (Å²) in [6.45, 7) is 1.19. The number of fused-ring (bicyclic) bond motifs is 1. The second-order valence-corrected chi connectivity index (χ2v) is 6.00. The summed E-state index contributed by atoms with van der Waals surface area (Å²) in [6.07, 6.45) is 3.11. The maximum atomic E-state index is 12.2. The van der Waals surface area contributed by atoms with E-state index in [1.165, 1.54) is 12.3 Å². The zero-order chi connectivity index (χ0) is 16.2. The molecule has 2 heterocycles. The Kier molecular flexibility index (Phi) is 4.67. The Morgan fingerprint density at radius 2 is 2.22 bits per heavy atom. The summed E-state index contributed by atoms with van der Waals surface area (Å²) < 4.78 is 5.73. The number of hydrogen-bond donors (Lipinski definition) is 2. The summed E-state index contributed by atoms with van der Waals surface area (Å²) >= 11 is 5.74. The third kappa shape index (κ3) is 3.74. The molecule has 0 spiro atoms. The number of nitrogens with one attached hydrogen (secondary N) is 2. The van der Waals surface area contributed by atoms with E-state index in [0.717, 1.165) is 24.2 Å². The fraction of sp³-hybridized carbons (Fsp3) is 0.294. The van der Waals surface area contributed by atoms with Gasteiger partial charge in [-0.05, 0) is 36.5 Å². The molecule has 120 valence electrons. The minimum atomic E-state index is -0.402. The highest BCUT2D eigenvalue weighted by atomic mass is 35.5. The molecule has 2 aromatic rings. The molecule has 1 aromatic carbocycles. The molecule has 0 bridgehead atoms. The first-order valence-electron chi connectivity index (χ1n) is 7.50. The van der Waals surface area contributed by atoms with Crippen molar-refractivity contribution in [1.29, 1.82) is 0 Å². The number of halogens is 1. The van der Waals surface area contributed by atoms with E-state index in [-0.39, 0.29) is 10.9 Å². The zero-order valence-electron chi connectivity index (χ0n) is 12.5. The van der Waals surface area contributed by atoms with Crippen molar-refractivity contribution < 1.29 is 9.53 Å². The van der Waals surface area contributed by atoms with Crippen LogP contribution < -0.4 is 15.6 Å². The highest BCUT2D eigenvalue weighted by Crippen LogP contribution is 2.26. The van der Waals surface area contributed by atoms with Crippen molar-refractivity contribution in [2.45, 2.75) is 12.8 Å². The highest BCUT2D eigenvalue weighted by Gasteiger charge is 2.18. The Hall–Kier alpha value is -2.27. The van der Waals surface area contributed by atoms with Crippen LogP contribution in [-0.4, -0.2) is 24.0 Å². The van der Waals surface area contributed by atoms with Crippen molar-refractivity contribution in [3.8, 4) is 5.75 Å². The van der Waals surface area contributed by atoms with Crippen LogP contribution in [0.5, 0.6) is 5.75 Å². The van der Waals surface area contributed by atoms with Crippen molar-refractivity contribution in [2.24, 2.45) is 5.92 Å². The van der Waals surface area contributed by atoms with Gasteiger partial charge in [0.25, 0.3) is 11.5 Å². The van der Waals surface area contributed by atoms with Gasteiger partial charge >= 0.3 is 0 Å². The molecule has 0 aliphatic carbocycles. The maximum Gasteiger partial charge on any atom is 0.266 e. The molecule has 0 radical (unpaired) electrons. The molecule has 5 nitrogen and oxygen atoms in total. The first kappa shape index (κ1) is 15.6. The van der Waals surface area contributed by atoms with Gasteiger partial charge in [-0.3, -0.25) is 9.59 Å². The zero-order valence-corrected chi connectivity index (χ0v) is 13.2. The highest BCUT2D eigenvalue weighted by molar-refractivity contribution is 6.30. The summed E-state index contributed by atoms with van der Waals surface area (Å²) in [6, 6.07) is 9.35. The van der Waals surface area contributed by atoms with E-state index in [2.05, 4.69) is 16.4 Å². The SMILES string of the molecule is O=C(NC[C@@H]1CCOc2ccccc2C1)c1c[nH]c(=O)c(Cl)c1. The van der Waals surface area contributed by atoms with Crippen LogP contribution in [0.15, 0.2) is 41.3 Å². The lowest BCUT2D eigenvalue weighted by Gasteiger charge is -2.14. The number of aromatic nitrogens is 1. The van der Waals surface area contributed by atoms with E-state index < -0.39 is 5.56 Å². The number of benzene rings is 1. The van der Waals surface area contributed by atoms with Crippen LogP contribution in [0, 0.1) is 5.92 Å². The third-order valence-electron chi connectivity index (χ3n) is 3.94. The van der Waals surface area contributed by atoms with Gasteiger partial charge in [0.1, 0.15) is 10.8 Å². The molecule has 0 unspecified atom stereocenters. The third-order valence-corrected chi connectivity index (χ3v) is 4.22. The molecular formula is C17H17ClN2O3. The standard InChI is InChI=1S/C17H17ClN2O3/c18-14-8-13(10-20-17(14)22)16(21)19-9-11-5-6-23-15-4-2-1-3-12(15)7-11/h1-4,8,10-11H,5-7,9H2,(H,19,21)(H,20,22)/t11-/m1/s1. The Labute approximate surface area is 138 Å². The number of aromatic amines is 1. The number of para-hydroxylation sites is 1. The summed E-state index contributed by atoms with van der Waals surface area (Å²) in [4.78, 5) is 25.8. The Morgan fingerprint density at radius 1 is 1.39 bits per heavy atom. The average Bonchev–Trinajstić information content (AvgIpc) is 2.77. The van der Waals surface area contributed by atoms with E-state index in [9.17, 15) is 9.59 Å². The number of rotatable bonds is 3. The Bertz CT molecular complexity index is 772. The lowest BCUT2D eigenvalue weighted by atomic mass is 9.97. The fourth-order valence-electron chi connectivity index (χ4n) is 2.66. The minimum Gasteiger partial charge on any atom is -0.493 e. The number of carbonyl (C=O) groups is 1. The molecule has 6 heteroatoms. The number of hydrogen-bond acceptors (Lipinski definition) is 3. The quantitative estimate of drug-likeness (QED) is 0.906. The van der Waals surface area contributed by atoms with Gasteiger partial charge in [-0.2, -0.15) is 0 Å². The summed E-state index contributed by atoms with van der Waals surface area (Å²) in [5.74, 6) is 0.983.